The number of thioether (sulfide) groups is 1. The highest BCUT2D eigenvalue weighted by Crippen LogP contribution is 2.29. The van der Waals surface area contributed by atoms with Crippen molar-refractivity contribution < 1.29 is 8.78 Å². The first-order valence-electron chi connectivity index (χ1n) is 8.68. The van der Waals surface area contributed by atoms with Crippen LogP contribution in [-0.4, -0.2) is 24.9 Å². The van der Waals surface area contributed by atoms with Gasteiger partial charge in [0.15, 0.2) is 16.8 Å². The maximum absolute atomic E-state index is 13.5. The monoisotopic (exact) mass is 376 g/mol. The lowest BCUT2D eigenvalue weighted by molar-refractivity contribution is 0.390. The number of hydrogen-bond acceptors (Lipinski definition) is 4. The molecule has 0 bridgehead atoms. The molecule has 0 saturated heterocycles. The number of halogens is 2. The molecule has 8 heteroatoms. The smallest absolute Gasteiger partial charge is 0.279 e. The Balaban J connectivity index is 1.62. The lowest BCUT2D eigenvalue weighted by Crippen LogP contribution is -2.20. The molecule has 1 aliphatic carbocycles. The second-order valence-electron chi connectivity index (χ2n) is 6.56. The van der Waals surface area contributed by atoms with E-state index in [-0.39, 0.29) is 11.3 Å². The number of aromatic nitrogens is 4. The summed E-state index contributed by atoms with van der Waals surface area (Å²) in [5.41, 5.74) is -0.00490. The van der Waals surface area contributed by atoms with Crippen molar-refractivity contribution in [2.45, 2.75) is 37.3 Å². The number of fused-ring (bicyclic) bond motifs is 1. The minimum atomic E-state index is -1.00. The average Bonchev–Trinajstić information content (AvgIpc) is 3.08. The van der Waals surface area contributed by atoms with Gasteiger partial charge in [-0.05, 0) is 30.9 Å². The van der Waals surface area contributed by atoms with E-state index < -0.39 is 17.2 Å². The summed E-state index contributed by atoms with van der Waals surface area (Å²) in [6.45, 7) is 0. The second-order valence-corrected chi connectivity index (χ2v) is 7.55. The van der Waals surface area contributed by atoms with E-state index in [4.69, 9.17) is 0 Å². The first-order chi connectivity index (χ1) is 12.6. The molecule has 0 atom stereocenters. The van der Waals surface area contributed by atoms with E-state index in [0.717, 1.165) is 17.9 Å². The molecule has 1 saturated carbocycles. The maximum atomic E-state index is 13.5. The quantitative estimate of drug-likeness (QED) is 0.650. The van der Waals surface area contributed by atoms with Crippen molar-refractivity contribution >= 4 is 17.4 Å². The first-order valence-corrected chi connectivity index (χ1v) is 9.66. The van der Waals surface area contributed by atoms with Crippen LogP contribution in [-0.2, 0) is 0 Å². The van der Waals surface area contributed by atoms with Gasteiger partial charge in [-0.2, -0.15) is 0 Å². The molecule has 1 aliphatic rings. The summed E-state index contributed by atoms with van der Waals surface area (Å²) in [4.78, 5) is 12.7. The van der Waals surface area contributed by atoms with Crippen LogP contribution in [0.5, 0.6) is 0 Å². The minimum Gasteiger partial charge on any atom is -0.279 e. The van der Waals surface area contributed by atoms with Gasteiger partial charge in [0.1, 0.15) is 0 Å². The third-order valence-corrected chi connectivity index (χ3v) is 5.97. The van der Waals surface area contributed by atoms with E-state index in [1.165, 1.54) is 48.9 Å². The number of nitrogens with zero attached hydrogens (tertiary/aromatic N) is 4. The zero-order valence-electron chi connectivity index (χ0n) is 14.1. The molecule has 5 nitrogen and oxygen atoms in total. The summed E-state index contributed by atoms with van der Waals surface area (Å²) >= 11 is 1.61. The molecule has 3 aromatic rings. The third-order valence-electron chi connectivity index (χ3n) is 4.79. The zero-order chi connectivity index (χ0) is 18.1. The Morgan fingerprint density at radius 2 is 1.88 bits per heavy atom. The predicted molar refractivity (Wildman–Crippen MR) is 95.8 cm³/mol. The van der Waals surface area contributed by atoms with Gasteiger partial charge in [0.25, 0.3) is 0 Å². The summed E-state index contributed by atoms with van der Waals surface area (Å²) in [6, 6.07) is 3.34. The van der Waals surface area contributed by atoms with Gasteiger partial charge in [0.05, 0.1) is 5.69 Å². The largest absolute Gasteiger partial charge is 0.300 e. The lowest BCUT2D eigenvalue weighted by Gasteiger charge is -2.20. The summed E-state index contributed by atoms with van der Waals surface area (Å²) in [5, 5.41) is 8.82. The Morgan fingerprint density at radius 3 is 2.65 bits per heavy atom. The third kappa shape index (κ3) is 3.25. The van der Waals surface area contributed by atoms with Gasteiger partial charge >= 0.3 is 5.56 Å². The molecule has 0 amide bonds. The van der Waals surface area contributed by atoms with Crippen molar-refractivity contribution in [3.63, 3.8) is 0 Å². The Kier molecular flexibility index (Phi) is 4.76. The molecule has 2 heterocycles. The highest BCUT2D eigenvalue weighted by molar-refractivity contribution is 7.99. The van der Waals surface area contributed by atoms with Gasteiger partial charge in [-0.15, -0.1) is 10.2 Å². The molecule has 136 valence electrons. The fourth-order valence-electron chi connectivity index (χ4n) is 3.35. The molecular formula is C18H18F2N4OS. The van der Waals surface area contributed by atoms with Crippen LogP contribution in [0.2, 0.25) is 0 Å². The summed E-state index contributed by atoms with van der Waals surface area (Å²) < 4.78 is 29.5. The van der Waals surface area contributed by atoms with Gasteiger partial charge in [0.2, 0.25) is 5.65 Å². The van der Waals surface area contributed by atoms with Crippen molar-refractivity contribution in [1.82, 2.24) is 19.2 Å². The first kappa shape index (κ1) is 17.2. The van der Waals surface area contributed by atoms with Crippen molar-refractivity contribution in [1.29, 1.82) is 0 Å². The Morgan fingerprint density at radius 1 is 1.08 bits per heavy atom. The van der Waals surface area contributed by atoms with E-state index in [2.05, 4.69) is 10.2 Å². The molecule has 2 aromatic heterocycles. The SMILES string of the molecule is O=c1c2nnc(SCC3CCCCC3)n2ccn1-c1ccc(F)c(F)c1. The fourth-order valence-corrected chi connectivity index (χ4v) is 4.45. The van der Waals surface area contributed by atoms with E-state index >= 15 is 0 Å². The predicted octanol–water partition coefficient (Wildman–Crippen LogP) is 3.83. The van der Waals surface area contributed by atoms with Crippen LogP contribution >= 0.6 is 11.8 Å². The van der Waals surface area contributed by atoms with Gasteiger partial charge in [-0.1, -0.05) is 31.0 Å². The molecule has 0 aliphatic heterocycles. The van der Waals surface area contributed by atoms with Gasteiger partial charge in [-0.3, -0.25) is 13.8 Å². The van der Waals surface area contributed by atoms with Crippen LogP contribution in [0.1, 0.15) is 32.1 Å². The van der Waals surface area contributed by atoms with Crippen molar-refractivity contribution in [2.75, 3.05) is 5.75 Å². The molecule has 0 radical (unpaired) electrons. The van der Waals surface area contributed by atoms with Crippen LogP contribution < -0.4 is 5.56 Å². The molecule has 1 aromatic carbocycles. The van der Waals surface area contributed by atoms with Crippen LogP contribution in [0.4, 0.5) is 8.78 Å². The second kappa shape index (κ2) is 7.19. The van der Waals surface area contributed by atoms with E-state index in [1.807, 2.05) is 0 Å². The van der Waals surface area contributed by atoms with Gasteiger partial charge in [0, 0.05) is 24.2 Å². The highest BCUT2D eigenvalue weighted by Gasteiger charge is 2.17. The van der Waals surface area contributed by atoms with E-state index in [9.17, 15) is 13.6 Å². The van der Waals surface area contributed by atoms with Crippen LogP contribution in [0.3, 0.4) is 0 Å². The van der Waals surface area contributed by atoms with Gasteiger partial charge < -0.3 is 0 Å². The molecule has 0 unspecified atom stereocenters. The molecule has 0 spiro atoms. The number of benzene rings is 1. The molecule has 26 heavy (non-hydrogen) atoms. The number of rotatable bonds is 4. The fraction of sp³-hybridized carbons (Fsp3) is 0.389. The Labute approximate surface area is 153 Å². The summed E-state index contributed by atoms with van der Waals surface area (Å²) in [6.07, 6.45) is 9.57. The topological polar surface area (TPSA) is 52.2 Å². The Bertz CT molecular complexity index is 995. The normalized spacial score (nSPS) is 15.6. The zero-order valence-corrected chi connectivity index (χ0v) is 14.9. The number of hydrogen-bond donors (Lipinski definition) is 0. The van der Waals surface area contributed by atoms with E-state index in [1.54, 1.807) is 22.4 Å². The van der Waals surface area contributed by atoms with Crippen LogP contribution in [0.15, 0.2) is 40.5 Å². The Hall–Kier alpha value is -2.22. The van der Waals surface area contributed by atoms with Crippen molar-refractivity contribution in [3.8, 4) is 5.69 Å². The van der Waals surface area contributed by atoms with Gasteiger partial charge in [-0.25, -0.2) is 8.78 Å². The van der Waals surface area contributed by atoms with Crippen molar-refractivity contribution in [3.05, 3.63) is 52.6 Å². The van der Waals surface area contributed by atoms with Crippen molar-refractivity contribution in [2.24, 2.45) is 5.92 Å². The minimum absolute atomic E-state index is 0.170. The summed E-state index contributed by atoms with van der Waals surface area (Å²) in [5.74, 6) is -0.303. The highest BCUT2D eigenvalue weighted by atomic mass is 32.2. The molecule has 1 fully saturated rings. The van der Waals surface area contributed by atoms with E-state index in [0.29, 0.717) is 11.1 Å². The summed E-state index contributed by atoms with van der Waals surface area (Å²) in [7, 11) is 0. The lowest BCUT2D eigenvalue weighted by atomic mass is 9.91. The maximum Gasteiger partial charge on any atom is 0.300 e. The molecular weight excluding hydrogens is 358 g/mol. The van der Waals surface area contributed by atoms with Crippen LogP contribution in [0.25, 0.3) is 11.3 Å². The van der Waals surface area contributed by atoms with Crippen LogP contribution in [0, 0.1) is 17.6 Å². The standard InChI is InChI=1S/C18H18F2N4OS/c19-14-7-6-13(10-15(14)20)23-8-9-24-16(17(23)25)21-22-18(24)26-11-12-4-2-1-3-5-12/h6-10,12H,1-5,11H2. The average molecular weight is 376 g/mol. The molecule has 0 N–H and O–H groups in total. The molecule has 4 rings (SSSR count).